The van der Waals surface area contributed by atoms with Gasteiger partial charge in [-0.2, -0.15) is 0 Å². The molecule has 0 unspecified atom stereocenters. The Morgan fingerprint density at radius 3 is 2.67 bits per heavy atom. The van der Waals surface area contributed by atoms with Gasteiger partial charge in [-0.3, -0.25) is 4.79 Å². The minimum Gasteiger partial charge on any atom is -0.369 e. The van der Waals surface area contributed by atoms with Crippen LogP contribution in [0.2, 0.25) is 0 Å². The third-order valence-corrected chi connectivity index (χ3v) is 5.83. The molecule has 1 amide bonds. The molecule has 140 valence electrons. The van der Waals surface area contributed by atoms with Gasteiger partial charge in [0.2, 0.25) is 11.9 Å². The van der Waals surface area contributed by atoms with Crippen molar-refractivity contribution in [2.24, 2.45) is 11.7 Å². The SMILES string of the molecule is Cc1cc(-c2cnc(N3CCC(C(N)=O)CC3)nc2-c2ccc(C)s2)on1. The molecule has 4 heterocycles. The third kappa shape index (κ3) is 3.57. The topological polar surface area (TPSA) is 98.1 Å². The van der Waals surface area contributed by atoms with Crippen molar-refractivity contribution in [2.45, 2.75) is 26.7 Å². The molecule has 1 saturated heterocycles. The van der Waals surface area contributed by atoms with E-state index < -0.39 is 0 Å². The van der Waals surface area contributed by atoms with E-state index in [-0.39, 0.29) is 11.8 Å². The van der Waals surface area contributed by atoms with Crippen LogP contribution in [-0.2, 0) is 4.79 Å². The zero-order valence-corrected chi connectivity index (χ0v) is 16.1. The Morgan fingerprint density at radius 2 is 2.07 bits per heavy atom. The molecule has 0 bridgehead atoms. The monoisotopic (exact) mass is 383 g/mol. The van der Waals surface area contributed by atoms with E-state index >= 15 is 0 Å². The zero-order valence-electron chi connectivity index (χ0n) is 15.3. The maximum absolute atomic E-state index is 11.4. The number of aromatic nitrogens is 3. The molecule has 0 aliphatic carbocycles. The van der Waals surface area contributed by atoms with E-state index in [4.69, 9.17) is 15.2 Å². The predicted octanol–water partition coefficient (Wildman–Crippen LogP) is 3.18. The summed E-state index contributed by atoms with van der Waals surface area (Å²) in [6.45, 7) is 5.40. The number of nitrogens with two attached hydrogens (primary N) is 1. The summed E-state index contributed by atoms with van der Waals surface area (Å²) < 4.78 is 5.45. The van der Waals surface area contributed by atoms with Gasteiger partial charge in [-0.25, -0.2) is 9.97 Å². The molecule has 2 N–H and O–H groups in total. The van der Waals surface area contributed by atoms with Crippen molar-refractivity contribution >= 4 is 23.2 Å². The van der Waals surface area contributed by atoms with Gasteiger partial charge in [0.25, 0.3) is 0 Å². The minimum atomic E-state index is -0.221. The molecule has 4 rings (SSSR count). The average Bonchev–Trinajstić information content (AvgIpc) is 3.29. The summed E-state index contributed by atoms with van der Waals surface area (Å²) >= 11 is 1.68. The van der Waals surface area contributed by atoms with E-state index in [1.165, 1.54) is 4.88 Å². The number of carbonyl (C=O) groups is 1. The highest BCUT2D eigenvalue weighted by molar-refractivity contribution is 7.15. The van der Waals surface area contributed by atoms with Crippen molar-refractivity contribution in [2.75, 3.05) is 18.0 Å². The number of anilines is 1. The summed E-state index contributed by atoms with van der Waals surface area (Å²) in [4.78, 5) is 25.2. The van der Waals surface area contributed by atoms with Gasteiger partial charge in [0.15, 0.2) is 5.76 Å². The second-order valence-electron chi connectivity index (χ2n) is 6.84. The van der Waals surface area contributed by atoms with E-state index in [0.717, 1.165) is 47.8 Å². The van der Waals surface area contributed by atoms with Gasteiger partial charge < -0.3 is 15.2 Å². The lowest BCUT2D eigenvalue weighted by molar-refractivity contribution is -0.122. The normalized spacial score (nSPS) is 15.3. The van der Waals surface area contributed by atoms with Gasteiger partial charge in [0.1, 0.15) is 0 Å². The van der Waals surface area contributed by atoms with E-state index in [1.807, 2.05) is 13.0 Å². The zero-order chi connectivity index (χ0) is 19.0. The van der Waals surface area contributed by atoms with E-state index in [0.29, 0.717) is 11.7 Å². The molecule has 8 heteroatoms. The van der Waals surface area contributed by atoms with Crippen molar-refractivity contribution in [3.05, 3.63) is 35.0 Å². The molecule has 7 nitrogen and oxygen atoms in total. The molecule has 0 atom stereocenters. The number of thiophene rings is 1. The molecule has 0 spiro atoms. The van der Waals surface area contributed by atoms with Crippen LogP contribution in [0.3, 0.4) is 0 Å². The summed E-state index contributed by atoms with van der Waals surface area (Å²) in [6, 6.07) is 6.04. The largest absolute Gasteiger partial charge is 0.369 e. The van der Waals surface area contributed by atoms with Crippen LogP contribution in [0.4, 0.5) is 5.95 Å². The molecule has 3 aromatic rings. The van der Waals surface area contributed by atoms with Gasteiger partial charge in [0.05, 0.1) is 21.8 Å². The number of hydrogen-bond acceptors (Lipinski definition) is 7. The number of aryl methyl sites for hydroxylation is 2. The summed E-state index contributed by atoms with van der Waals surface area (Å²) in [5.74, 6) is 1.05. The Hall–Kier alpha value is -2.74. The fourth-order valence-electron chi connectivity index (χ4n) is 3.31. The van der Waals surface area contributed by atoms with Gasteiger partial charge in [-0.05, 0) is 38.8 Å². The molecule has 1 fully saturated rings. The van der Waals surface area contributed by atoms with Gasteiger partial charge >= 0.3 is 0 Å². The lowest BCUT2D eigenvalue weighted by atomic mass is 9.96. The van der Waals surface area contributed by atoms with E-state index in [1.54, 1.807) is 17.5 Å². The Balaban J connectivity index is 1.70. The smallest absolute Gasteiger partial charge is 0.225 e. The van der Waals surface area contributed by atoms with Crippen LogP contribution in [0.15, 0.2) is 28.9 Å². The summed E-state index contributed by atoms with van der Waals surface area (Å²) in [7, 11) is 0. The van der Waals surface area contributed by atoms with Crippen LogP contribution in [-0.4, -0.2) is 34.1 Å². The molecule has 1 aliphatic rings. The fraction of sp³-hybridized carbons (Fsp3) is 0.368. The third-order valence-electron chi connectivity index (χ3n) is 4.82. The average molecular weight is 383 g/mol. The number of amides is 1. The summed E-state index contributed by atoms with van der Waals surface area (Å²) in [5.41, 5.74) is 7.92. The van der Waals surface area contributed by atoms with Crippen molar-refractivity contribution in [1.29, 1.82) is 0 Å². The van der Waals surface area contributed by atoms with Crippen LogP contribution in [0.25, 0.3) is 21.9 Å². The molecule has 3 aromatic heterocycles. The first-order valence-electron chi connectivity index (χ1n) is 8.93. The van der Waals surface area contributed by atoms with Gasteiger partial charge in [-0.1, -0.05) is 5.16 Å². The second kappa shape index (κ2) is 7.11. The number of primary amides is 1. The quantitative estimate of drug-likeness (QED) is 0.743. The number of hydrogen-bond donors (Lipinski definition) is 1. The Labute approximate surface area is 161 Å². The van der Waals surface area contributed by atoms with Crippen LogP contribution in [0.5, 0.6) is 0 Å². The molecule has 0 radical (unpaired) electrons. The summed E-state index contributed by atoms with van der Waals surface area (Å²) in [6.07, 6.45) is 3.26. The van der Waals surface area contributed by atoms with E-state index in [2.05, 4.69) is 34.1 Å². The highest BCUT2D eigenvalue weighted by atomic mass is 32.1. The van der Waals surface area contributed by atoms with Crippen molar-refractivity contribution in [3.63, 3.8) is 0 Å². The van der Waals surface area contributed by atoms with Crippen LogP contribution in [0.1, 0.15) is 23.4 Å². The minimum absolute atomic E-state index is 0.0582. The first kappa shape index (κ1) is 17.7. The Morgan fingerprint density at radius 1 is 1.30 bits per heavy atom. The first-order chi connectivity index (χ1) is 13.0. The van der Waals surface area contributed by atoms with Crippen LogP contribution < -0.4 is 10.6 Å². The second-order valence-corrected chi connectivity index (χ2v) is 8.13. The molecular weight excluding hydrogens is 362 g/mol. The van der Waals surface area contributed by atoms with Crippen LogP contribution >= 0.6 is 11.3 Å². The van der Waals surface area contributed by atoms with Crippen LogP contribution in [0, 0.1) is 19.8 Å². The van der Waals surface area contributed by atoms with Crippen molar-refractivity contribution in [3.8, 4) is 21.9 Å². The molecule has 1 aliphatic heterocycles. The molecule has 27 heavy (non-hydrogen) atoms. The Bertz CT molecular complexity index is 972. The highest BCUT2D eigenvalue weighted by Crippen LogP contribution is 2.36. The lowest BCUT2D eigenvalue weighted by Gasteiger charge is -2.30. The first-order valence-corrected chi connectivity index (χ1v) is 9.74. The standard InChI is InChI=1S/C19H21N5O2S/c1-11-9-15(26-23-11)14-10-21-19(22-17(14)16-4-3-12(2)27-16)24-7-5-13(6-8-24)18(20)25/h3-4,9-10,13H,5-8H2,1-2H3,(H2,20,25). The van der Waals surface area contributed by atoms with Gasteiger partial charge in [0, 0.05) is 36.1 Å². The number of piperidine rings is 1. The molecule has 0 aromatic carbocycles. The van der Waals surface area contributed by atoms with Gasteiger partial charge in [-0.15, -0.1) is 11.3 Å². The maximum atomic E-state index is 11.4. The molecular formula is C19H21N5O2S. The number of carbonyl (C=O) groups excluding carboxylic acids is 1. The maximum Gasteiger partial charge on any atom is 0.225 e. The van der Waals surface area contributed by atoms with Crippen molar-refractivity contribution in [1.82, 2.24) is 15.1 Å². The van der Waals surface area contributed by atoms with E-state index in [9.17, 15) is 4.79 Å². The summed E-state index contributed by atoms with van der Waals surface area (Å²) in [5, 5.41) is 3.99. The number of nitrogens with zero attached hydrogens (tertiary/aromatic N) is 4. The predicted molar refractivity (Wildman–Crippen MR) is 104 cm³/mol. The molecule has 0 saturated carbocycles. The number of rotatable bonds is 4. The Kier molecular flexibility index (Phi) is 4.65. The highest BCUT2D eigenvalue weighted by Gasteiger charge is 2.25. The lowest BCUT2D eigenvalue weighted by Crippen LogP contribution is -2.39. The van der Waals surface area contributed by atoms with Crippen molar-refractivity contribution < 1.29 is 9.32 Å². The fourth-order valence-corrected chi connectivity index (χ4v) is 4.18.